The molecule has 124 valence electrons. The maximum atomic E-state index is 12.2. The number of nitrogens with zero attached hydrogens (tertiary/aromatic N) is 3. The van der Waals surface area contributed by atoms with E-state index in [1.54, 1.807) is 7.05 Å². The molecule has 2 heterocycles. The van der Waals surface area contributed by atoms with Gasteiger partial charge in [0.2, 0.25) is 0 Å². The number of nitriles is 1. The van der Waals surface area contributed by atoms with Gasteiger partial charge in [-0.15, -0.1) is 0 Å². The minimum atomic E-state index is -0.544. The zero-order valence-corrected chi connectivity index (χ0v) is 13.6. The Morgan fingerprint density at radius 3 is 2.57 bits per heavy atom. The molecule has 1 aromatic rings. The van der Waals surface area contributed by atoms with Crippen LogP contribution in [0.1, 0.15) is 37.7 Å². The van der Waals surface area contributed by atoms with Crippen LogP contribution in [0.25, 0.3) is 0 Å². The molecule has 7 heteroatoms. The van der Waals surface area contributed by atoms with Crippen molar-refractivity contribution < 1.29 is 4.74 Å². The van der Waals surface area contributed by atoms with Gasteiger partial charge in [-0.2, -0.15) is 5.26 Å². The standard InChI is InChI=1S/C16H22N4O3/c1-19-13(11(10-17)14(21)20(2)15(19)22)18-12-4-3-5-16(12)6-8-23-9-7-16/h12,18H,3-9H2,1-2H3. The molecule has 1 atom stereocenters. The van der Waals surface area contributed by atoms with Crippen LogP contribution in [0.5, 0.6) is 0 Å². The summed E-state index contributed by atoms with van der Waals surface area (Å²) in [5.74, 6) is 0.346. The maximum Gasteiger partial charge on any atom is 0.332 e. The van der Waals surface area contributed by atoms with E-state index in [4.69, 9.17) is 4.74 Å². The molecule has 0 amide bonds. The normalized spacial score (nSPS) is 22.9. The van der Waals surface area contributed by atoms with Crippen LogP contribution in [0, 0.1) is 16.7 Å². The van der Waals surface area contributed by atoms with Gasteiger partial charge in [0.25, 0.3) is 5.56 Å². The van der Waals surface area contributed by atoms with Crippen molar-refractivity contribution in [3.63, 3.8) is 0 Å². The van der Waals surface area contributed by atoms with Crippen LogP contribution < -0.4 is 16.6 Å². The summed E-state index contributed by atoms with van der Waals surface area (Å²) in [6, 6.07) is 2.12. The summed E-state index contributed by atoms with van der Waals surface area (Å²) in [7, 11) is 2.99. The zero-order valence-electron chi connectivity index (χ0n) is 13.6. The molecule has 2 fully saturated rings. The molecule has 0 bridgehead atoms. The lowest BCUT2D eigenvalue weighted by molar-refractivity contribution is 0.0133. The van der Waals surface area contributed by atoms with Crippen molar-refractivity contribution in [2.24, 2.45) is 19.5 Å². The molecule has 0 radical (unpaired) electrons. The van der Waals surface area contributed by atoms with Gasteiger partial charge in [-0.3, -0.25) is 13.9 Å². The van der Waals surface area contributed by atoms with Crippen molar-refractivity contribution in [3.05, 3.63) is 26.4 Å². The second-order valence-corrected chi connectivity index (χ2v) is 6.61. The number of ether oxygens (including phenoxy) is 1. The van der Waals surface area contributed by atoms with Gasteiger partial charge in [0, 0.05) is 33.4 Å². The van der Waals surface area contributed by atoms with Crippen LogP contribution >= 0.6 is 0 Å². The molecule has 1 N–H and O–H groups in total. The van der Waals surface area contributed by atoms with Crippen LogP contribution in [0.3, 0.4) is 0 Å². The van der Waals surface area contributed by atoms with Crippen molar-refractivity contribution in [2.75, 3.05) is 18.5 Å². The highest BCUT2D eigenvalue weighted by Crippen LogP contribution is 2.47. The summed E-state index contributed by atoms with van der Waals surface area (Å²) in [4.78, 5) is 24.4. The predicted octanol–water partition coefficient (Wildman–Crippen LogP) is 0.717. The monoisotopic (exact) mass is 318 g/mol. The third-order valence-corrected chi connectivity index (χ3v) is 5.48. The summed E-state index contributed by atoms with van der Waals surface area (Å²) < 4.78 is 7.83. The minimum absolute atomic E-state index is 0.00343. The second kappa shape index (κ2) is 5.85. The van der Waals surface area contributed by atoms with Gasteiger partial charge in [-0.25, -0.2) is 4.79 Å². The molecule has 1 saturated carbocycles. The molecular formula is C16H22N4O3. The molecule has 3 rings (SSSR count). The summed E-state index contributed by atoms with van der Waals surface area (Å²) in [6.07, 6.45) is 5.16. The molecule has 23 heavy (non-hydrogen) atoms. The molecule has 1 unspecified atom stereocenters. The fourth-order valence-corrected chi connectivity index (χ4v) is 4.02. The van der Waals surface area contributed by atoms with E-state index < -0.39 is 11.2 Å². The van der Waals surface area contributed by atoms with Crippen molar-refractivity contribution in [3.8, 4) is 6.07 Å². The highest BCUT2D eigenvalue weighted by Gasteiger charge is 2.44. The molecule has 1 aliphatic heterocycles. The second-order valence-electron chi connectivity index (χ2n) is 6.61. The highest BCUT2D eigenvalue weighted by molar-refractivity contribution is 5.52. The van der Waals surface area contributed by atoms with Gasteiger partial charge in [-0.05, 0) is 31.1 Å². The molecule has 0 aromatic carbocycles. The Kier molecular flexibility index (Phi) is 4.02. The molecule has 1 aromatic heterocycles. The Labute approximate surface area is 134 Å². The molecule has 1 aliphatic carbocycles. The van der Waals surface area contributed by atoms with Crippen LogP contribution in [0.4, 0.5) is 5.82 Å². The number of rotatable bonds is 2. The molecule has 7 nitrogen and oxygen atoms in total. The van der Waals surface area contributed by atoms with Crippen molar-refractivity contribution >= 4 is 5.82 Å². The summed E-state index contributed by atoms with van der Waals surface area (Å²) in [5, 5.41) is 12.7. The number of anilines is 1. The van der Waals surface area contributed by atoms with E-state index in [1.807, 2.05) is 6.07 Å². The minimum Gasteiger partial charge on any atom is -0.381 e. The average molecular weight is 318 g/mol. The van der Waals surface area contributed by atoms with Gasteiger partial charge < -0.3 is 10.1 Å². The first-order chi connectivity index (χ1) is 11.0. The average Bonchev–Trinajstić information content (AvgIpc) is 2.93. The van der Waals surface area contributed by atoms with Crippen LogP contribution in [0.2, 0.25) is 0 Å². The van der Waals surface area contributed by atoms with Crippen LogP contribution in [0.15, 0.2) is 9.59 Å². The zero-order chi connectivity index (χ0) is 16.6. The number of hydrogen-bond donors (Lipinski definition) is 1. The van der Waals surface area contributed by atoms with Crippen molar-refractivity contribution in [1.29, 1.82) is 5.26 Å². The summed E-state index contributed by atoms with van der Waals surface area (Å²) in [6.45, 7) is 1.50. The molecule has 2 aliphatic rings. The smallest absolute Gasteiger partial charge is 0.332 e. The van der Waals surface area contributed by atoms with E-state index in [0.717, 1.165) is 49.9 Å². The van der Waals surface area contributed by atoms with Gasteiger partial charge in [0.15, 0.2) is 5.56 Å². The fraction of sp³-hybridized carbons (Fsp3) is 0.688. The van der Waals surface area contributed by atoms with E-state index >= 15 is 0 Å². The van der Waals surface area contributed by atoms with Crippen molar-refractivity contribution in [2.45, 2.75) is 38.1 Å². The van der Waals surface area contributed by atoms with E-state index in [0.29, 0.717) is 5.82 Å². The van der Waals surface area contributed by atoms with Crippen LogP contribution in [-0.4, -0.2) is 28.4 Å². The lowest BCUT2D eigenvalue weighted by Crippen LogP contribution is -2.44. The third kappa shape index (κ3) is 2.47. The summed E-state index contributed by atoms with van der Waals surface area (Å²) in [5.41, 5.74) is -0.821. The SMILES string of the molecule is Cn1c(NC2CCCC23CCOCC3)c(C#N)c(=O)n(C)c1=O. The Bertz CT molecular complexity index is 765. The summed E-state index contributed by atoms with van der Waals surface area (Å²) >= 11 is 0. The van der Waals surface area contributed by atoms with Crippen molar-refractivity contribution in [1.82, 2.24) is 9.13 Å². The Morgan fingerprint density at radius 2 is 1.91 bits per heavy atom. The fourth-order valence-electron chi connectivity index (χ4n) is 4.02. The number of nitrogens with one attached hydrogen (secondary N) is 1. The third-order valence-electron chi connectivity index (χ3n) is 5.48. The van der Waals surface area contributed by atoms with Gasteiger partial charge in [0.05, 0.1) is 0 Å². The first-order valence-corrected chi connectivity index (χ1v) is 8.04. The van der Waals surface area contributed by atoms with Gasteiger partial charge in [-0.1, -0.05) is 6.42 Å². The largest absolute Gasteiger partial charge is 0.381 e. The van der Waals surface area contributed by atoms with Crippen LogP contribution in [-0.2, 0) is 18.8 Å². The molecule has 1 saturated heterocycles. The first kappa shape index (κ1) is 15.8. The van der Waals surface area contributed by atoms with Gasteiger partial charge in [0.1, 0.15) is 11.9 Å². The molecule has 1 spiro atoms. The number of aromatic nitrogens is 2. The maximum absolute atomic E-state index is 12.2. The number of hydrogen-bond acceptors (Lipinski definition) is 5. The quantitative estimate of drug-likeness (QED) is 0.868. The Hall–Kier alpha value is -2.07. The van der Waals surface area contributed by atoms with Gasteiger partial charge >= 0.3 is 5.69 Å². The van der Waals surface area contributed by atoms with E-state index in [1.165, 1.54) is 11.6 Å². The van der Waals surface area contributed by atoms with E-state index in [2.05, 4.69) is 5.32 Å². The first-order valence-electron chi connectivity index (χ1n) is 8.04. The topological polar surface area (TPSA) is 89.1 Å². The predicted molar refractivity (Wildman–Crippen MR) is 85.4 cm³/mol. The van der Waals surface area contributed by atoms with E-state index in [9.17, 15) is 14.9 Å². The molecular weight excluding hydrogens is 296 g/mol. The Morgan fingerprint density at radius 1 is 1.22 bits per heavy atom. The lowest BCUT2D eigenvalue weighted by atomic mass is 9.75. The highest BCUT2D eigenvalue weighted by atomic mass is 16.5. The lowest BCUT2D eigenvalue weighted by Gasteiger charge is -2.39. The Balaban J connectivity index is 2.02. The van der Waals surface area contributed by atoms with E-state index in [-0.39, 0.29) is 17.0 Å².